The molecule has 94 valence electrons. The monoisotopic (exact) mass is 273 g/mol. The summed E-state index contributed by atoms with van der Waals surface area (Å²) in [6.45, 7) is 0. The molecule has 6 nitrogen and oxygen atoms in total. The molecule has 1 aromatic carbocycles. The van der Waals surface area contributed by atoms with Gasteiger partial charge in [-0.3, -0.25) is 9.36 Å². The Morgan fingerprint density at radius 2 is 2.16 bits per heavy atom. The van der Waals surface area contributed by atoms with Gasteiger partial charge in [0.25, 0.3) is 0 Å². The molecule has 2 N–H and O–H groups in total. The maximum absolute atomic E-state index is 11.2. The van der Waals surface area contributed by atoms with Crippen LogP contribution in [-0.2, 0) is 0 Å². The van der Waals surface area contributed by atoms with E-state index in [2.05, 4.69) is 15.0 Å². The fourth-order valence-electron chi connectivity index (χ4n) is 1.79. The van der Waals surface area contributed by atoms with E-state index in [1.54, 1.807) is 35.3 Å². The number of carbonyl (C=O) groups is 1. The Balaban J connectivity index is 2.21. The van der Waals surface area contributed by atoms with E-state index in [0.29, 0.717) is 16.7 Å². The van der Waals surface area contributed by atoms with Crippen molar-refractivity contribution in [2.75, 3.05) is 0 Å². The van der Waals surface area contributed by atoms with Gasteiger partial charge in [0.2, 0.25) is 11.2 Å². The molecule has 0 bridgehead atoms. The van der Waals surface area contributed by atoms with Crippen molar-refractivity contribution in [3.63, 3.8) is 0 Å². The van der Waals surface area contributed by atoms with Crippen molar-refractivity contribution in [3.8, 4) is 5.69 Å². The first-order chi connectivity index (χ1) is 9.15. The highest BCUT2D eigenvalue weighted by molar-refractivity contribution is 6.28. The minimum absolute atomic E-state index is 0.139. The largest absolute Gasteiger partial charge is 0.366 e. The SMILES string of the molecule is NC(=O)c1cccc(-n2cnc3cnc(Cl)nc32)c1. The number of nitrogens with two attached hydrogens (primary N) is 1. The molecular formula is C12H8ClN5O. The zero-order chi connectivity index (χ0) is 13.4. The lowest BCUT2D eigenvalue weighted by atomic mass is 10.2. The Morgan fingerprint density at radius 3 is 2.95 bits per heavy atom. The standard InChI is InChI=1S/C12H8ClN5O/c13-12-15-5-9-11(17-12)18(6-16-9)8-3-1-2-7(4-8)10(14)19/h1-6H,(H2,14,19). The zero-order valence-corrected chi connectivity index (χ0v) is 10.4. The summed E-state index contributed by atoms with van der Waals surface area (Å²) < 4.78 is 1.72. The lowest BCUT2D eigenvalue weighted by Gasteiger charge is -2.04. The summed E-state index contributed by atoms with van der Waals surface area (Å²) in [5.74, 6) is -0.487. The van der Waals surface area contributed by atoms with Crippen molar-refractivity contribution in [1.82, 2.24) is 19.5 Å². The van der Waals surface area contributed by atoms with Crippen LogP contribution in [0.25, 0.3) is 16.9 Å². The van der Waals surface area contributed by atoms with Gasteiger partial charge >= 0.3 is 0 Å². The molecule has 0 aliphatic heterocycles. The van der Waals surface area contributed by atoms with Crippen LogP contribution in [0.1, 0.15) is 10.4 Å². The van der Waals surface area contributed by atoms with E-state index in [4.69, 9.17) is 17.3 Å². The second kappa shape index (κ2) is 4.33. The number of aromatic nitrogens is 4. The van der Waals surface area contributed by atoms with Crippen molar-refractivity contribution < 1.29 is 4.79 Å². The van der Waals surface area contributed by atoms with E-state index in [9.17, 15) is 4.79 Å². The average Bonchev–Trinajstić information content (AvgIpc) is 2.81. The van der Waals surface area contributed by atoms with Gasteiger partial charge in [-0.1, -0.05) is 6.07 Å². The Hall–Kier alpha value is -2.47. The number of fused-ring (bicyclic) bond motifs is 1. The number of halogens is 1. The molecule has 1 amide bonds. The number of hydrogen-bond donors (Lipinski definition) is 1. The fraction of sp³-hybridized carbons (Fsp3) is 0. The maximum atomic E-state index is 11.2. The van der Waals surface area contributed by atoms with E-state index in [1.165, 1.54) is 0 Å². The summed E-state index contributed by atoms with van der Waals surface area (Å²) in [4.78, 5) is 23.4. The van der Waals surface area contributed by atoms with Crippen LogP contribution in [0.15, 0.2) is 36.8 Å². The van der Waals surface area contributed by atoms with Gasteiger partial charge in [0.1, 0.15) is 11.8 Å². The molecule has 0 saturated carbocycles. The van der Waals surface area contributed by atoms with Crippen LogP contribution in [0.2, 0.25) is 5.28 Å². The Bertz CT molecular complexity index is 783. The minimum Gasteiger partial charge on any atom is -0.366 e. The van der Waals surface area contributed by atoms with Gasteiger partial charge < -0.3 is 5.73 Å². The average molecular weight is 274 g/mol. The van der Waals surface area contributed by atoms with Crippen LogP contribution in [0.3, 0.4) is 0 Å². The predicted octanol–water partition coefficient (Wildman–Crippen LogP) is 1.57. The van der Waals surface area contributed by atoms with E-state index in [0.717, 1.165) is 5.69 Å². The highest BCUT2D eigenvalue weighted by atomic mass is 35.5. The van der Waals surface area contributed by atoms with E-state index >= 15 is 0 Å². The highest BCUT2D eigenvalue weighted by Gasteiger charge is 2.09. The third-order valence-corrected chi connectivity index (χ3v) is 2.85. The van der Waals surface area contributed by atoms with Crippen molar-refractivity contribution in [2.45, 2.75) is 0 Å². The third-order valence-electron chi connectivity index (χ3n) is 2.67. The van der Waals surface area contributed by atoms with Gasteiger partial charge in [0.15, 0.2) is 5.65 Å². The predicted molar refractivity (Wildman–Crippen MR) is 70.2 cm³/mol. The molecule has 0 unspecified atom stereocenters. The second-order valence-corrected chi connectivity index (χ2v) is 4.22. The normalized spacial score (nSPS) is 10.8. The quantitative estimate of drug-likeness (QED) is 0.718. The molecule has 7 heteroatoms. The number of imidazole rings is 1. The van der Waals surface area contributed by atoms with Gasteiger partial charge in [0.05, 0.1) is 6.20 Å². The van der Waals surface area contributed by atoms with Crippen LogP contribution in [0, 0.1) is 0 Å². The second-order valence-electron chi connectivity index (χ2n) is 3.88. The first-order valence-electron chi connectivity index (χ1n) is 5.41. The Morgan fingerprint density at radius 1 is 1.32 bits per heavy atom. The molecule has 0 atom stereocenters. The molecule has 0 radical (unpaired) electrons. The van der Waals surface area contributed by atoms with Crippen molar-refractivity contribution in [3.05, 3.63) is 47.6 Å². The number of carbonyl (C=O) groups excluding carboxylic acids is 1. The maximum Gasteiger partial charge on any atom is 0.248 e. The van der Waals surface area contributed by atoms with Crippen LogP contribution >= 0.6 is 11.6 Å². The number of nitrogens with zero attached hydrogens (tertiary/aromatic N) is 4. The van der Waals surface area contributed by atoms with Crippen LogP contribution < -0.4 is 5.73 Å². The van der Waals surface area contributed by atoms with Gasteiger partial charge in [0, 0.05) is 11.3 Å². The summed E-state index contributed by atoms with van der Waals surface area (Å²) in [6.07, 6.45) is 3.13. The zero-order valence-electron chi connectivity index (χ0n) is 9.62. The van der Waals surface area contributed by atoms with E-state index in [-0.39, 0.29) is 5.28 Å². The molecule has 19 heavy (non-hydrogen) atoms. The van der Waals surface area contributed by atoms with E-state index < -0.39 is 5.91 Å². The number of rotatable bonds is 2. The van der Waals surface area contributed by atoms with Gasteiger partial charge in [-0.15, -0.1) is 0 Å². The fourth-order valence-corrected chi connectivity index (χ4v) is 1.92. The smallest absolute Gasteiger partial charge is 0.248 e. The van der Waals surface area contributed by atoms with Gasteiger partial charge in [-0.25, -0.2) is 9.97 Å². The summed E-state index contributed by atoms with van der Waals surface area (Å²) in [5.41, 5.74) is 7.60. The van der Waals surface area contributed by atoms with Crippen molar-refractivity contribution in [1.29, 1.82) is 0 Å². The molecule has 2 aromatic heterocycles. The number of hydrogen-bond acceptors (Lipinski definition) is 4. The summed E-state index contributed by atoms with van der Waals surface area (Å²) in [6, 6.07) is 6.88. The molecule has 2 heterocycles. The lowest BCUT2D eigenvalue weighted by molar-refractivity contribution is 0.100. The highest BCUT2D eigenvalue weighted by Crippen LogP contribution is 2.17. The first kappa shape index (κ1) is 11.6. The topological polar surface area (TPSA) is 86.7 Å². The van der Waals surface area contributed by atoms with Gasteiger partial charge in [-0.05, 0) is 29.8 Å². The number of benzene rings is 1. The molecule has 3 aromatic rings. The third kappa shape index (κ3) is 2.02. The molecule has 3 rings (SSSR count). The summed E-state index contributed by atoms with van der Waals surface area (Å²) in [5, 5.41) is 0.139. The molecule has 0 saturated heterocycles. The molecule has 0 aliphatic rings. The van der Waals surface area contributed by atoms with Gasteiger partial charge in [-0.2, -0.15) is 4.98 Å². The first-order valence-corrected chi connectivity index (χ1v) is 5.79. The molecule has 0 spiro atoms. The van der Waals surface area contributed by atoms with E-state index in [1.807, 2.05) is 6.07 Å². The van der Waals surface area contributed by atoms with Crippen LogP contribution in [0.4, 0.5) is 0 Å². The molecular weight excluding hydrogens is 266 g/mol. The van der Waals surface area contributed by atoms with Crippen molar-refractivity contribution >= 4 is 28.7 Å². The molecule has 0 fully saturated rings. The summed E-state index contributed by atoms with van der Waals surface area (Å²) in [7, 11) is 0. The van der Waals surface area contributed by atoms with Crippen LogP contribution in [-0.4, -0.2) is 25.4 Å². The van der Waals surface area contributed by atoms with Crippen molar-refractivity contribution in [2.24, 2.45) is 5.73 Å². The number of primary amides is 1. The Kier molecular flexibility index (Phi) is 2.64. The minimum atomic E-state index is -0.487. The van der Waals surface area contributed by atoms with Crippen LogP contribution in [0.5, 0.6) is 0 Å². The summed E-state index contributed by atoms with van der Waals surface area (Å²) >= 11 is 5.78. The lowest BCUT2D eigenvalue weighted by Crippen LogP contribution is -2.11. The number of amides is 1. The molecule has 0 aliphatic carbocycles. The Labute approximate surface area is 112 Å².